The van der Waals surface area contributed by atoms with E-state index in [1.54, 1.807) is 17.5 Å². The Labute approximate surface area is 260 Å². The van der Waals surface area contributed by atoms with Crippen molar-refractivity contribution in [2.24, 2.45) is 0 Å². The van der Waals surface area contributed by atoms with Crippen molar-refractivity contribution in [2.75, 3.05) is 37.8 Å². The summed E-state index contributed by atoms with van der Waals surface area (Å²) in [5.74, 6) is -5.50. The highest BCUT2D eigenvalue weighted by atomic mass is 32.1. The highest BCUT2D eigenvalue weighted by Gasteiger charge is 2.45. The number of aryl methyl sites for hydroxylation is 1. The summed E-state index contributed by atoms with van der Waals surface area (Å²) in [4.78, 5) is 70.5. The Hall–Kier alpha value is -4.56. The molecule has 3 aromatic rings. The molecular formula is C31H28F2N4O7S. The Balaban J connectivity index is 1.09. The van der Waals surface area contributed by atoms with Crippen LogP contribution in [-0.4, -0.2) is 78.2 Å². The number of ketones is 1. The SMILES string of the molecule is O=C(CCCc1cccc2c1C(=O)N(C1CCC(=O)NC1=O)C2=O)COc1c(-c2csc(N3CCOCC3)n2)ccc(F)c1F. The minimum atomic E-state index is -1.22. The van der Waals surface area contributed by atoms with Crippen molar-refractivity contribution < 1.29 is 42.2 Å². The van der Waals surface area contributed by atoms with Gasteiger partial charge in [0.1, 0.15) is 12.6 Å². The standard InChI is InChI=1S/C31H28F2N4O7S/c32-21-8-7-19(22-16-45-31(34-22)36-11-13-43-14-12-36)27(26(21)33)44-15-18(38)5-1-3-17-4-2-6-20-25(17)30(42)37(29(20)41)23-9-10-24(39)35-28(23)40/h2,4,6-8,16,23H,1,3,5,9-15H2,(H,35,39,40). The van der Waals surface area contributed by atoms with E-state index in [9.17, 15) is 32.8 Å². The first-order valence-electron chi connectivity index (χ1n) is 14.5. The third-order valence-electron chi connectivity index (χ3n) is 7.93. The summed E-state index contributed by atoms with van der Waals surface area (Å²) in [5, 5.41) is 4.60. The van der Waals surface area contributed by atoms with Crippen LogP contribution in [0.1, 0.15) is 52.0 Å². The number of aromatic nitrogens is 1. The van der Waals surface area contributed by atoms with Crippen molar-refractivity contribution >= 4 is 45.9 Å². The lowest BCUT2D eigenvalue weighted by atomic mass is 9.98. The predicted molar refractivity (Wildman–Crippen MR) is 157 cm³/mol. The lowest BCUT2D eigenvalue weighted by Crippen LogP contribution is -2.54. The Morgan fingerprint density at radius 2 is 1.87 bits per heavy atom. The number of imide groups is 2. The number of thiazole rings is 1. The molecule has 0 spiro atoms. The number of ether oxygens (including phenoxy) is 2. The molecule has 14 heteroatoms. The van der Waals surface area contributed by atoms with Gasteiger partial charge >= 0.3 is 0 Å². The fraction of sp³-hybridized carbons (Fsp3) is 0.355. The molecule has 3 aliphatic heterocycles. The number of benzene rings is 2. The molecule has 2 aromatic carbocycles. The number of amides is 4. The molecule has 3 aliphatic rings. The number of anilines is 1. The molecule has 11 nitrogen and oxygen atoms in total. The van der Waals surface area contributed by atoms with Crippen LogP contribution in [0.15, 0.2) is 35.7 Å². The third kappa shape index (κ3) is 6.07. The lowest BCUT2D eigenvalue weighted by Gasteiger charge is -2.27. The van der Waals surface area contributed by atoms with Gasteiger partial charge in [0.05, 0.1) is 30.0 Å². The van der Waals surface area contributed by atoms with Crippen LogP contribution in [0.25, 0.3) is 11.3 Å². The second-order valence-corrected chi connectivity index (χ2v) is 11.7. The van der Waals surface area contributed by atoms with Crippen molar-refractivity contribution in [2.45, 2.75) is 38.1 Å². The summed E-state index contributed by atoms with van der Waals surface area (Å²) in [6, 6.07) is 6.06. The molecule has 0 aliphatic carbocycles. The predicted octanol–water partition coefficient (Wildman–Crippen LogP) is 3.30. The number of rotatable bonds is 10. The van der Waals surface area contributed by atoms with Gasteiger partial charge in [-0.1, -0.05) is 12.1 Å². The zero-order valence-electron chi connectivity index (χ0n) is 24.0. The quantitative estimate of drug-likeness (QED) is 0.332. The van der Waals surface area contributed by atoms with Crippen molar-refractivity contribution in [3.8, 4) is 17.0 Å². The second kappa shape index (κ2) is 12.8. The molecule has 1 atom stereocenters. The molecular weight excluding hydrogens is 610 g/mol. The van der Waals surface area contributed by atoms with Crippen LogP contribution in [0.5, 0.6) is 5.75 Å². The van der Waals surface area contributed by atoms with E-state index in [4.69, 9.17) is 9.47 Å². The molecule has 45 heavy (non-hydrogen) atoms. The van der Waals surface area contributed by atoms with Crippen LogP contribution in [0.2, 0.25) is 0 Å². The number of nitrogens with zero attached hydrogens (tertiary/aromatic N) is 3. The van der Waals surface area contributed by atoms with Crippen LogP contribution in [0, 0.1) is 11.6 Å². The summed E-state index contributed by atoms with van der Waals surface area (Å²) >= 11 is 1.36. The summed E-state index contributed by atoms with van der Waals surface area (Å²) in [6.07, 6.45) is 0.616. The van der Waals surface area contributed by atoms with Crippen LogP contribution in [0.3, 0.4) is 0 Å². The number of carbonyl (C=O) groups excluding carboxylic acids is 5. The summed E-state index contributed by atoms with van der Waals surface area (Å²) < 4.78 is 39.9. The van der Waals surface area contributed by atoms with Gasteiger partial charge in [-0.25, -0.2) is 9.37 Å². The number of fused-ring (bicyclic) bond motifs is 1. The Kier molecular flexibility index (Phi) is 8.67. The molecule has 4 amide bonds. The first-order chi connectivity index (χ1) is 21.7. The van der Waals surface area contributed by atoms with Crippen molar-refractivity contribution in [1.29, 1.82) is 0 Å². The number of halogens is 2. The highest BCUT2D eigenvalue weighted by Crippen LogP contribution is 2.37. The van der Waals surface area contributed by atoms with E-state index < -0.39 is 53.7 Å². The van der Waals surface area contributed by atoms with Gasteiger partial charge in [0, 0.05) is 36.9 Å². The number of Topliss-reactive ketones (excluding diaryl/α,β-unsaturated/α-hetero) is 1. The molecule has 2 saturated heterocycles. The number of hydrogen-bond acceptors (Lipinski definition) is 10. The average Bonchev–Trinajstić information content (AvgIpc) is 3.62. The molecule has 234 valence electrons. The van der Waals surface area contributed by atoms with E-state index in [-0.39, 0.29) is 54.6 Å². The van der Waals surface area contributed by atoms with E-state index in [0.29, 0.717) is 42.7 Å². The van der Waals surface area contributed by atoms with Crippen molar-refractivity contribution in [3.05, 3.63) is 64.0 Å². The lowest BCUT2D eigenvalue weighted by molar-refractivity contribution is -0.136. The largest absolute Gasteiger partial charge is 0.482 e. The molecule has 6 rings (SSSR count). The molecule has 0 bridgehead atoms. The maximum absolute atomic E-state index is 14.9. The van der Waals surface area contributed by atoms with E-state index in [2.05, 4.69) is 10.3 Å². The monoisotopic (exact) mass is 638 g/mol. The number of piperidine rings is 1. The smallest absolute Gasteiger partial charge is 0.262 e. The minimum Gasteiger partial charge on any atom is -0.482 e. The number of morpholine rings is 1. The average molecular weight is 639 g/mol. The number of hydrogen-bond donors (Lipinski definition) is 1. The molecule has 0 radical (unpaired) electrons. The summed E-state index contributed by atoms with van der Waals surface area (Å²) in [6.45, 7) is 1.95. The van der Waals surface area contributed by atoms with Gasteiger partial charge in [0.2, 0.25) is 17.6 Å². The molecule has 1 aromatic heterocycles. The Morgan fingerprint density at radius 1 is 1.07 bits per heavy atom. The molecule has 0 saturated carbocycles. The van der Waals surface area contributed by atoms with Gasteiger partial charge in [-0.15, -0.1) is 11.3 Å². The van der Waals surface area contributed by atoms with Crippen LogP contribution < -0.4 is 15.0 Å². The first-order valence-corrected chi connectivity index (χ1v) is 15.4. The third-order valence-corrected chi connectivity index (χ3v) is 8.83. The fourth-order valence-electron chi connectivity index (χ4n) is 5.66. The minimum absolute atomic E-state index is 0.00676. The van der Waals surface area contributed by atoms with Crippen LogP contribution in [0.4, 0.5) is 13.9 Å². The van der Waals surface area contributed by atoms with E-state index in [1.165, 1.54) is 23.5 Å². The molecule has 2 fully saturated rings. The number of carbonyl (C=O) groups is 5. The maximum Gasteiger partial charge on any atom is 0.262 e. The van der Waals surface area contributed by atoms with Crippen molar-refractivity contribution in [3.63, 3.8) is 0 Å². The van der Waals surface area contributed by atoms with Gasteiger partial charge in [0.15, 0.2) is 22.5 Å². The topological polar surface area (TPSA) is 135 Å². The number of nitrogens with one attached hydrogen (secondary N) is 1. The van der Waals surface area contributed by atoms with E-state index in [1.807, 2.05) is 4.90 Å². The van der Waals surface area contributed by atoms with Gasteiger partial charge in [0.25, 0.3) is 11.8 Å². The first kappa shape index (κ1) is 30.5. The van der Waals surface area contributed by atoms with Gasteiger partial charge in [-0.3, -0.25) is 34.2 Å². The van der Waals surface area contributed by atoms with Crippen molar-refractivity contribution in [1.82, 2.24) is 15.2 Å². The molecule has 4 heterocycles. The summed E-state index contributed by atoms with van der Waals surface area (Å²) in [5.41, 5.74) is 1.48. The van der Waals surface area contributed by atoms with Crippen LogP contribution >= 0.6 is 11.3 Å². The highest BCUT2D eigenvalue weighted by molar-refractivity contribution is 7.14. The fourth-order valence-corrected chi connectivity index (χ4v) is 6.54. The summed E-state index contributed by atoms with van der Waals surface area (Å²) in [7, 11) is 0. The Bertz CT molecular complexity index is 1700. The molecule has 1 N–H and O–H groups in total. The normalized spacial score (nSPS) is 18.3. The zero-order chi connectivity index (χ0) is 31.7. The Morgan fingerprint density at radius 3 is 2.64 bits per heavy atom. The zero-order valence-corrected chi connectivity index (χ0v) is 24.8. The van der Waals surface area contributed by atoms with E-state index >= 15 is 0 Å². The van der Waals surface area contributed by atoms with E-state index in [0.717, 1.165) is 11.0 Å². The second-order valence-electron chi connectivity index (χ2n) is 10.8. The van der Waals surface area contributed by atoms with Gasteiger partial charge in [-0.2, -0.15) is 4.39 Å². The van der Waals surface area contributed by atoms with Gasteiger partial charge < -0.3 is 14.4 Å². The van der Waals surface area contributed by atoms with Gasteiger partial charge in [-0.05, 0) is 43.0 Å². The maximum atomic E-state index is 14.9. The van der Waals surface area contributed by atoms with Crippen LogP contribution in [-0.2, 0) is 25.5 Å². The molecule has 1 unspecified atom stereocenters.